The van der Waals surface area contributed by atoms with Gasteiger partial charge in [-0.3, -0.25) is 4.79 Å². The van der Waals surface area contributed by atoms with Gasteiger partial charge in [0, 0.05) is 16.6 Å². The normalized spacial score (nSPS) is 11.6. The number of para-hydroxylation sites is 1. The van der Waals surface area contributed by atoms with Gasteiger partial charge in [0.15, 0.2) is 0 Å². The highest BCUT2D eigenvalue weighted by molar-refractivity contribution is 8.00. The maximum Gasteiger partial charge on any atom is 0.258 e. The minimum Gasteiger partial charge on any atom is -0.472 e. The van der Waals surface area contributed by atoms with Crippen molar-refractivity contribution in [2.75, 3.05) is 5.32 Å². The van der Waals surface area contributed by atoms with E-state index in [1.165, 1.54) is 12.5 Å². The van der Waals surface area contributed by atoms with Crippen LogP contribution in [0, 0.1) is 11.3 Å². The highest BCUT2D eigenvalue weighted by atomic mass is 32.2. The summed E-state index contributed by atoms with van der Waals surface area (Å²) < 4.78 is 4.90. The summed E-state index contributed by atoms with van der Waals surface area (Å²) in [6.07, 6.45) is 3.34. The standard InChI is InChI=1S/C15H14N2O2S/c1-11(6-8-16)20-14-5-3-2-4-13(14)17-15(18)12-7-9-19-10-12/h2-5,7,9-11H,6H2,1H3,(H,17,18). The fraction of sp³-hybridized carbons (Fsp3) is 0.200. The number of hydrogen-bond acceptors (Lipinski definition) is 4. The molecule has 2 aromatic rings. The molecular formula is C15H14N2O2S. The first-order chi connectivity index (χ1) is 9.70. The number of nitriles is 1. The van der Waals surface area contributed by atoms with Gasteiger partial charge in [-0.15, -0.1) is 11.8 Å². The van der Waals surface area contributed by atoms with Crippen LogP contribution in [0.3, 0.4) is 0 Å². The van der Waals surface area contributed by atoms with Crippen LogP contribution in [-0.4, -0.2) is 11.2 Å². The maximum absolute atomic E-state index is 12.0. The second-order valence-electron chi connectivity index (χ2n) is 4.25. The zero-order valence-electron chi connectivity index (χ0n) is 11.0. The van der Waals surface area contributed by atoms with Gasteiger partial charge in [0.1, 0.15) is 6.26 Å². The molecule has 0 radical (unpaired) electrons. The number of nitrogens with one attached hydrogen (secondary N) is 1. The number of anilines is 1. The van der Waals surface area contributed by atoms with Gasteiger partial charge < -0.3 is 9.73 Å². The molecular weight excluding hydrogens is 272 g/mol. The first-order valence-electron chi connectivity index (χ1n) is 6.17. The lowest BCUT2D eigenvalue weighted by Gasteiger charge is -2.12. The number of benzene rings is 1. The van der Waals surface area contributed by atoms with Crippen molar-refractivity contribution in [3.8, 4) is 6.07 Å². The van der Waals surface area contributed by atoms with Gasteiger partial charge in [-0.25, -0.2) is 0 Å². The Balaban J connectivity index is 2.12. The van der Waals surface area contributed by atoms with E-state index in [1.807, 2.05) is 31.2 Å². The molecule has 5 heteroatoms. The van der Waals surface area contributed by atoms with E-state index in [0.717, 1.165) is 10.6 Å². The average Bonchev–Trinajstić information content (AvgIpc) is 2.95. The zero-order valence-corrected chi connectivity index (χ0v) is 11.8. The van der Waals surface area contributed by atoms with Crippen LogP contribution in [0.4, 0.5) is 5.69 Å². The average molecular weight is 286 g/mol. The minimum atomic E-state index is -0.209. The number of furan rings is 1. The smallest absolute Gasteiger partial charge is 0.258 e. The van der Waals surface area contributed by atoms with Crippen molar-refractivity contribution >= 4 is 23.4 Å². The SMILES string of the molecule is CC(CC#N)Sc1ccccc1NC(=O)c1ccoc1. The van der Waals surface area contributed by atoms with Gasteiger partial charge in [0.05, 0.1) is 23.6 Å². The van der Waals surface area contributed by atoms with Crippen molar-refractivity contribution in [2.45, 2.75) is 23.5 Å². The fourth-order valence-corrected chi connectivity index (χ4v) is 2.64. The number of hydrogen-bond donors (Lipinski definition) is 1. The second-order valence-corrected chi connectivity index (χ2v) is 5.73. The van der Waals surface area contributed by atoms with Crippen molar-refractivity contribution in [2.24, 2.45) is 0 Å². The molecule has 1 atom stereocenters. The molecule has 1 heterocycles. The molecule has 0 aliphatic carbocycles. The van der Waals surface area contributed by atoms with Crippen LogP contribution in [0.2, 0.25) is 0 Å². The molecule has 1 aromatic heterocycles. The Morgan fingerprint density at radius 1 is 1.45 bits per heavy atom. The molecule has 0 saturated heterocycles. The van der Waals surface area contributed by atoms with Gasteiger partial charge in [-0.05, 0) is 18.2 Å². The molecule has 0 bridgehead atoms. The molecule has 1 aromatic carbocycles. The van der Waals surface area contributed by atoms with E-state index < -0.39 is 0 Å². The lowest BCUT2D eigenvalue weighted by Crippen LogP contribution is -2.11. The third-order valence-corrected chi connectivity index (χ3v) is 3.80. The Labute approximate surface area is 121 Å². The van der Waals surface area contributed by atoms with Crippen molar-refractivity contribution in [1.29, 1.82) is 5.26 Å². The number of nitrogens with zero attached hydrogens (tertiary/aromatic N) is 1. The maximum atomic E-state index is 12.0. The summed E-state index contributed by atoms with van der Waals surface area (Å²) in [5.74, 6) is -0.209. The topological polar surface area (TPSA) is 66.0 Å². The fourth-order valence-electron chi connectivity index (χ4n) is 1.65. The summed E-state index contributed by atoms with van der Waals surface area (Å²) in [6.45, 7) is 1.99. The van der Waals surface area contributed by atoms with E-state index in [1.54, 1.807) is 17.8 Å². The van der Waals surface area contributed by atoms with Gasteiger partial charge >= 0.3 is 0 Å². The lowest BCUT2D eigenvalue weighted by molar-refractivity contribution is 0.102. The molecule has 0 aliphatic rings. The monoisotopic (exact) mass is 286 g/mol. The third-order valence-electron chi connectivity index (χ3n) is 2.63. The van der Waals surface area contributed by atoms with Crippen LogP contribution in [0.15, 0.2) is 52.2 Å². The van der Waals surface area contributed by atoms with Crippen molar-refractivity contribution in [3.63, 3.8) is 0 Å². The summed E-state index contributed by atoms with van der Waals surface area (Å²) in [5.41, 5.74) is 1.23. The molecule has 0 saturated carbocycles. The van der Waals surface area contributed by atoms with Gasteiger partial charge in [-0.2, -0.15) is 5.26 Å². The summed E-state index contributed by atoms with van der Waals surface area (Å²) in [4.78, 5) is 13.0. The molecule has 0 fully saturated rings. The largest absolute Gasteiger partial charge is 0.472 e. The number of carbonyl (C=O) groups is 1. The minimum absolute atomic E-state index is 0.173. The highest BCUT2D eigenvalue weighted by Gasteiger charge is 2.12. The first kappa shape index (κ1) is 14.2. The van der Waals surface area contributed by atoms with Crippen LogP contribution < -0.4 is 5.32 Å². The summed E-state index contributed by atoms with van der Waals surface area (Å²) >= 11 is 1.57. The predicted octanol–water partition coefficient (Wildman–Crippen LogP) is 3.93. The zero-order chi connectivity index (χ0) is 14.4. The molecule has 1 N–H and O–H groups in total. The quantitative estimate of drug-likeness (QED) is 0.846. The van der Waals surface area contributed by atoms with Crippen molar-refractivity contribution in [1.82, 2.24) is 0 Å². The van der Waals surface area contributed by atoms with E-state index in [4.69, 9.17) is 9.68 Å². The van der Waals surface area contributed by atoms with Crippen LogP contribution in [0.25, 0.3) is 0 Å². The van der Waals surface area contributed by atoms with Crippen LogP contribution in [0.1, 0.15) is 23.7 Å². The Bertz CT molecular complexity index is 617. The third kappa shape index (κ3) is 3.65. The Kier molecular flexibility index (Phi) is 4.85. The molecule has 0 aliphatic heterocycles. The predicted molar refractivity (Wildman–Crippen MR) is 78.7 cm³/mol. The summed E-state index contributed by atoms with van der Waals surface area (Å²) in [6, 6.07) is 11.3. The number of carbonyl (C=O) groups excluding carboxylic acids is 1. The van der Waals surface area contributed by atoms with Gasteiger partial charge in [0.2, 0.25) is 0 Å². The summed E-state index contributed by atoms with van der Waals surface area (Å²) in [5, 5.41) is 11.7. The van der Waals surface area contributed by atoms with E-state index in [0.29, 0.717) is 12.0 Å². The molecule has 20 heavy (non-hydrogen) atoms. The second kappa shape index (κ2) is 6.83. The van der Waals surface area contributed by atoms with E-state index in [9.17, 15) is 4.79 Å². The van der Waals surface area contributed by atoms with Crippen molar-refractivity contribution < 1.29 is 9.21 Å². The molecule has 102 valence electrons. The lowest BCUT2D eigenvalue weighted by atomic mass is 10.3. The number of thioether (sulfide) groups is 1. The summed E-state index contributed by atoms with van der Waals surface area (Å²) in [7, 11) is 0. The van der Waals surface area contributed by atoms with Crippen LogP contribution in [-0.2, 0) is 0 Å². The Morgan fingerprint density at radius 2 is 2.25 bits per heavy atom. The van der Waals surface area contributed by atoms with Gasteiger partial charge in [0.25, 0.3) is 5.91 Å². The van der Waals surface area contributed by atoms with Crippen molar-refractivity contribution in [3.05, 3.63) is 48.4 Å². The Morgan fingerprint density at radius 3 is 2.95 bits per heavy atom. The molecule has 0 spiro atoms. The molecule has 4 nitrogen and oxygen atoms in total. The number of amides is 1. The number of rotatable bonds is 5. The van der Waals surface area contributed by atoms with E-state index in [2.05, 4.69) is 11.4 Å². The van der Waals surface area contributed by atoms with Crippen LogP contribution >= 0.6 is 11.8 Å². The highest BCUT2D eigenvalue weighted by Crippen LogP contribution is 2.31. The van der Waals surface area contributed by atoms with E-state index >= 15 is 0 Å². The molecule has 1 unspecified atom stereocenters. The molecule has 1 amide bonds. The Hall–Kier alpha value is -2.19. The van der Waals surface area contributed by atoms with Crippen LogP contribution in [0.5, 0.6) is 0 Å². The molecule has 2 rings (SSSR count). The van der Waals surface area contributed by atoms with E-state index in [-0.39, 0.29) is 11.2 Å². The van der Waals surface area contributed by atoms with Gasteiger partial charge in [-0.1, -0.05) is 19.1 Å². The first-order valence-corrected chi connectivity index (χ1v) is 7.05.